The molecule has 0 atom stereocenters. The lowest BCUT2D eigenvalue weighted by Crippen LogP contribution is -1.97. The Hall–Kier alpha value is -1.80. The van der Waals surface area contributed by atoms with Crippen LogP contribution in [0.2, 0.25) is 5.02 Å². The minimum Gasteiger partial charge on any atom is -0.410 e. The minimum absolute atomic E-state index is 0.613. The van der Waals surface area contributed by atoms with Crippen molar-refractivity contribution in [3.05, 3.63) is 58.6 Å². The first kappa shape index (κ1) is 9.43. The number of hydrogen-bond acceptors (Lipinski definition) is 2. The van der Waals surface area contributed by atoms with E-state index in [0.29, 0.717) is 10.7 Å². The maximum absolute atomic E-state index is 9.08. The summed E-state index contributed by atoms with van der Waals surface area (Å²) in [4.78, 5) is 0. The SMILES string of the molecule is O/N=C1/c2ccccc2-c2cc(Cl)ccc21. The van der Waals surface area contributed by atoms with Crippen LogP contribution in [0.15, 0.2) is 47.6 Å². The van der Waals surface area contributed by atoms with E-state index < -0.39 is 0 Å². The second-order valence-corrected chi connectivity index (χ2v) is 4.12. The predicted molar refractivity (Wildman–Crippen MR) is 64.3 cm³/mol. The van der Waals surface area contributed by atoms with Gasteiger partial charge in [-0.1, -0.05) is 47.1 Å². The van der Waals surface area contributed by atoms with Gasteiger partial charge in [-0.3, -0.25) is 0 Å². The van der Waals surface area contributed by atoms with Crippen molar-refractivity contribution >= 4 is 17.3 Å². The summed E-state index contributed by atoms with van der Waals surface area (Å²) in [6.07, 6.45) is 0. The topological polar surface area (TPSA) is 32.6 Å². The quantitative estimate of drug-likeness (QED) is 0.464. The van der Waals surface area contributed by atoms with Crippen molar-refractivity contribution in [2.45, 2.75) is 0 Å². The molecule has 0 unspecified atom stereocenters. The average molecular weight is 230 g/mol. The second kappa shape index (κ2) is 3.35. The molecule has 0 heterocycles. The van der Waals surface area contributed by atoms with Gasteiger partial charge in [0.05, 0.1) is 0 Å². The molecule has 1 aliphatic rings. The number of oxime groups is 1. The maximum atomic E-state index is 9.08. The normalized spacial score (nSPS) is 14.9. The van der Waals surface area contributed by atoms with Gasteiger partial charge in [-0.05, 0) is 23.3 Å². The second-order valence-electron chi connectivity index (χ2n) is 3.68. The highest BCUT2D eigenvalue weighted by Crippen LogP contribution is 2.37. The standard InChI is InChI=1S/C13H8ClNO/c14-8-5-6-11-12(7-8)9-3-1-2-4-10(9)13(11)15-16/h1-7,16H/b15-13-. The van der Waals surface area contributed by atoms with Crippen molar-refractivity contribution in [2.75, 3.05) is 0 Å². The van der Waals surface area contributed by atoms with Gasteiger partial charge in [-0.15, -0.1) is 0 Å². The summed E-state index contributed by atoms with van der Waals surface area (Å²) < 4.78 is 0. The van der Waals surface area contributed by atoms with Gasteiger partial charge < -0.3 is 5.21 Å². The zero-order valence-corrected chi connectivity index (χ0v) is 9.07. The van der Waals surface area contributed by atoms with Crippen molar-refractivity contribution in [3.8, 4) is 11.1 Å². The minimum atomic E-state index is 0.613. The fourth-order valence-electron chi connectivity index (χ4n) is 2.12. The molecule has 0 saturated carbocycles. The molecule has 0 radical (unpaired) electrons. The molecule has 0 saturated heterocycles. The molecule has 0 aromatic heterocycles. The number of rotatable bonds is 0. The zero-order chi connectivity index (χ0) is 11.1. The first-order valence-corrected chi connectivity index (χ1v) is 5.31. The fraction of sp³-hybridized carbons (Fsp3) is 0. The number of halogens is 1. The van der Waals surface area contributed by atoms with E-state index in [1.54, 1.807) is 6.07 Å². The summed E-state index contributed by atoms with van der Waals surface area (Å²) in [7, 11) is 0. The highest BCUT2D eigenvalue weighted by atomic mass is 35.5. The Balaban J connectivity index is 2.40. The number of nitrogens with zero attached hydrogens (tertiary/aromatic N) is 1. The van der Waals surface area contributed by atoms with Crippen molar-refractivity contribution in [3.63, 3.8) is 0 Å². The van der Waals surface area contributed by atoms with E-state index >= 15 is 0 Å². The van der Waals surface area contributed by atoms with Crippen molar-refractivity contribution in [1.82, 2.24) is 0 Å². The van der Waals surface area contributed by atoms with Gasteiger partial charge in [0.15, 0.2) is 0 Å². The summed E-state index contributed by atoms with van der Waals surface area (Å²) in [5.41, 5.74) is 4.57. The molecule has 0 bridgehead atoms. The molecule has 2 nitrogen and oxygen atoms in total. The molecule has 2 aromatic rings. The molecule has 3 rings (SSSR count). The molecule has 0 fully saturated rings. The van der Waals surface area contributed by atoms with Gasteiger partial charge in [0, 0.05) is 16.1 Å². The van der Waals surface area contributed by atoms with Gasteiger partial charge in [0.1, 0.15) is 5.71 Å². The van der Waals surface area contributed by atoms with E-state index in [4.69, 9.17) is 16.8 Å². The largest absolute Gasteiger partial charge is 0.410 e. The number of benzene rings is 2. The molecule has 16 heavy (non-hydrogen) atoms. The lowest BCUT2D eigenvalue weighted by Gasteiger charge is -1.99. The summed E-state index contributed by atoms with van der Waals surface area (Å²) in [5, 5.41) is 13.1. The van der Waals surface area contributed by atoms with Crippen LogP contribution in [0.25, 0.3) is 11.1 Å². The van der Waals surface area contributed by atoms with E-state index in [-0.39, 0.29) is 0 Å². The molecule has 3 heteroatoms. The van der Waals surface area contributed by atoms with Crippen LogP contribution in [-0.4, -0.2) is 10.9 Å². The Morgan fingerprint density at radius 2 is 1.56 bits per heavy atom. The highest BCUT2D eigenvalue weighted by Gasteiger charge is 2.24. The Morgan fingerprint density at radius 1 is 0.875 bits per heavy atom. The van der Waals surface area contributed by atoms with Crippen LogP contribution < -0.4 is 0 Å². The first-order chi connectivity index (χ1) is 7.81. The van der Waals surface area contributed by atoms with Crippen molar-refractivity contribution in [1.29, 1.82) is 0 Å². The molecular weight excluding hydrogens is 222 g/mol. The molecule has 1 aliphatic carbocycles. The van der Waals surface area contributed by atoms with E-state index in [1.165, 1.54) is 0 Å². The van der Waals surface area contributed by atoms with Crippen LogP contribution in [-0.2, 0) is 0 Å². The highest BCUT2D eigenvalue weighted by molar-refractivity contribution is 6.32. The summed E-state index contributed by atoms with van der Waals surface area (Å²) >= 11 is 5.98. The van der Waals surface area contributed by atoms with E-state index in [1.807, 2.05) is 36.4 Å². The Labute approximate surface area is 97.8 Å². The van der Waals surface area contributed by atoms with Crippen molar-refractivity contribution < 1.29 is 5.21 Å². The smallest absolute Gasteiger partial charge is 0.118 e. The monoisotopic (exact) mass is 229 g/mol. The molecule has 0 aliphatic heterocycles. The molecule has 78 valence electrons. The van der Waals surface area contributed by atoms with Crippen LogP contribution in [0, 0.1) is 0 Å². The van der Waals surface area contributed by atoms with E-state index in [2.05, 4.69) is 5.16 Å². The predicted octanol–water partition coefficient (Wildman–Crippen LogP) is 3.55. The fourth-order valence-corrected chi connectivity index (χ4v) is 2.30. The molecular formula is C13H8ClNO. The molecule has 1 N–H and O–H groups in total. The Morgan fingerprint density at radius 3 is 2.31 bits per heavy atom. The van der Waals surface area contributed by atoms with Crippen LogP contribution in [0.4, 0.5) is 0 Å². The summed E-state index contributed by atoms with van der Waals surface area (Å²) in [6.45, 7) is 0. The third kappa shape index (κ3) is 1.17. The van der Waals surface area contributed by atoms with Gasteiger partial charge in [-0.2, -0.15) is 0 Å². The molecule has 0 amide bonds. The van der Waals surface area contributed by atoms with Gasteiger partial charge in [-0.25, -0.2) is 0 Å². The van der Waals surface area contributed by atoms with Crippen LogP contribution in [0.1, 0.15) is 11.1 Å². The third-order valence-electron chi connectivity index (χ3n) is 2.81. The first-order valence-electron chi connectivity index (χ1n) is 4.93. The lowest BCUT2D eigenvalue weighted by atomic mass is 10.1. The van der Waals surface area contributed by atoms with Gasteiger partial charge in [0.2, 0.25) is 0 Å². The van der Waals surface area contributed by atoms with Crippen molar-refractivity contribution in [2.24, 2.45) is 5.16 Å². The summed E-state index contributed by atoms with van der Waals surface area (Å²) in [6, 6.07) is 13.4. The van der Waals surface area contributed by atoms with Gasteiger partial charge >= 0.3 is 0 Å². The van der Waals surface area contributed by atoms with Crippen LogP contribution in [0.5, 0.6) is 0 Å². The summed E-state index contributed by atoms with van der Waals surface area (Å²) in [5.74, 6) is 0. The van der Waals surface area contributed by atoms with E-state index in [9.17, 15) is 0 Å². The number of fused-ring (bicyclic) bond motifs is 3. The average Bonchev–Trinajstić information content (AvgIpc) is 2.62. The maximum Gasteiger partial charge on any atom is 0.118 e. The van der Waals surface area contributed by atoms with Gasteiger partial charge in [0.25, 0.3) is 0 Å². The van der Waals surface area contributed by atoms with Crippen LogP contribution >= 0.6 is 11.6 Å². The molecule has 0 spiro atoms. The Bertz CT molecular complexity index is 605. The third-order valence-corrected chi connectivity index (χ3v) is 3.04. The molecule has 2 aromatic carbocycles. The van der Waals surface area contributed by atoms with Crippen LogP contribution in [0.3, 0.4) is 0 Å². The Kier molecular flexibility index (Phi) is 1.98. The number of hydrogen-bond donors (Lipinski definition) is 1. The lowest BCUT2D eigenvalue weighted by molar-refractivity contribution is 0.320. The zero-order valence-electron chi connectivity index (χ0n) is 8.31. The van der Waals surface area contributed by atoms with E-state index in [0.717, 1.165) is 22.3 Å².